The van der Waals surface area contributed by atoms with Crippen molar-refractivity contribution in [3.05, 3.63) is 11.6 Å². The second-order valence-corrected chi connectivity index (χ2v) is 9.10. The van der Waals surface area contributed by atoms with Gasteiger partial charge in [0, 0.05) is 18.3 Å². The largest absolute Gasteiger partial charge is 0.445 e. The lowest BCUT2D eigenvalue weighted by Crippen LogP contribution is -2.53. The minimum absolute atomic E-state index is 0.112. The molecule has 4 rings (SSSR count). The fourth-order valence-electron chi connectivity index (χ4n) is 6.88. The molecule has 0 aromatic heterocycles. The number of esters is 1. The number of carbonyl (C=O) groups excluding carboxylic acids is 2. The van der Waals surface area contributed by atoms with Crippen molar-refractivity contribution >= 4 is 11.8 Å². The lowest BCUT2D eigenvalue weighted by atomic mass is 9.50. The summed E-state index contributed by atoms with van der Waals surface area (Å²) >= 11 is 0. The summed E-state index contributed by atoms with van der Waals surface area (Å²) < 4.78 is 5.94. The van der Waals surface area contributed by atoms with Crippen LogP contribution >= 0.6 is 0 Å². The third-order valence-corrected chi connectivity index (χ3v) is 8.23. The predicted octanol–water partition coefficient (Wildman–Crippen LogP) is 4.45. The second-order valence-electron chi connectivity index (χ2n) is 9.10. The molecule has 0 radical (unpaired) electrons. The number of allylic oxidation sites excluding steroid dienone is 1. The van der Waals surface area contributed by atoms with E-state index in [9.17, 15) is 9.59 Å². The second kappa shape index (κ2) is 6.25. The van der Waals surface area contributed by atoms with Crippen LogP contribution in [0.4, 0.5) is 0 Å². The van der Waals surface area contributed by atoms with Gasteiger partial charge in [0.2, 0.25) is 0 Å². The summed E-state index contributed by atoms with van der Waals surface area (Å²) in [5, 5.41) is 0. The minimum Gasteiger partial charge on any atom is -0.445 e. The van der Waals surface area contributed by atoms with E-state index in [2.05, 4.69) is 12.8 Å². The first-order valence-corrected chi connectivity index (χ1v) is 10.4. The Kier molecular flexibility index (Phi) is 4.29. The van der Waals surface area contributed by atoms with Gasteiger partial charge in [-0.3, -0.25) is 9.59 Å². The van der Waals surface area contributed by atoms with Gasteiger partial charge in [-0.1, -0.05) is 25.3 Å². The molecule has 3 nitrogen and oxygen atoms in total. The monoisotopic (exact) mass is 354 g/mol. The van der Waals surface area contributed by atoms with Crippen molar-refractivity contribution in [1.29, 1.82) is 0 Å². The molecular weight excluding hydrogens is 324 g/mol. The number of rotatable bonds is 2. The van der Waals surface area contributed by atoms with Gasteiger partial charge in [0.25, 0.3) is 0 Å². The molecule has 0 N–H and O–H groups in total. The van der Waals surface area contributed by atoms with Crippen LogP contribution in [0.15, 0.2) is 11.6 Å². The van der Waals surface area contributed by atoms with E-state index in [4.69, 9.17) is 11.2 Å². The van der Waals surface area contributed by atoms with Crippen LogP contribution in [-0.2, 0) is 14.3 Å². The van der Waals surface area contributed by atoms with E-state index in [0.29, 0.717) is 42.3 Å². The molecule has 0 unspecified atom stereocenters. The maximum Gasteiger partial charge on any atom is 0.307 e. The van der Waals surface area contributed by atoms with Crippen LogP contribution in [0, 0.1) is 41.4 Å². The Morgan fingerprint density at radius 1 is 1.23 bits per heavy atom. The van der Waals surface area contributed by atoms with Gasteiger partial charge in [0.1, 0.15) is 0 Å². The smallest absolute Gasteiger partial charge is 0.307 e. The van der Waals surface area contributed by atoms with Crippen LogP contribution in [0.25, 0.3) is 0 Å². The summed E-state index contributed by atoms with van der Waals surface area (Å²) in [5.41, 5.74) is 0.568. The van der Waals surface area contributed by atoms with Crippen molar-refractivity contribution in [2.24, 2.45) is 29.1 Å². The molecule has 0 saturated heterocycles. The molecule has 0 amide bonds. The Bertz CT molecular complexity index is 699. The standard InChI is InChI=1S/C23H30O3/c1-4-21(25)26-23(5-2)13-11-20-19-8-6-15-14-16(24)7-9-17(15)18(19)10-12-22(20,23)3/h2,14,17-20H,4,6-13H2,1,3H3/t17-,18+,19+,20-,22-,23-/m0/s1. The number of hydrogen-bond donors (Lipinski definition) is 0. The van der Waals surface area contributed by atoms with Crippen LogP contribution in [0.3, 0.4) is 0 Å². The number of ether oxygens (including phenoxy) is 1. The van der Waals surface area contributed by atoms with Crippen molar-refractivity contribution < 1.29 is 14.3 Å². The van der Waals surface area contributed by atoms with Gasteiger partial charge in [-0.25, -0.2) is 0 Å². The van der Waals surface area contributed by atoms with Gasteiger partial charge in [-0.15, -0.1) is 6.42 Å². The molecule has 26 heavy (non-hydrogen) atoms. The van der Waals surface area contributed by atoms with Gasteiger partial charge in [0.15, 0.2) is 11.4 Å². The van der Waals surface area contributed by atoms with Gasteiger partial charge in [-0.2, -0.15) is 0 Å². The molecule has 0 bridgehead atoms. The van der Waals surface area contributed by atoms with Crippen LogP contribution in [0.5, 0.6) is 0 Å². The first kappa shape index (κ1) is 17.8. The number of ketones is 1. The van der Waals surface area contributed by atoms with Crippen LogP contribution in [0.1, 0.15) is 71.6 Å². The Labute approximate surface area is 156 Å². The topological polar surface area (TPSA) is 43.4 Å². The Hall–Kier alpha value is -1.56. The molecule has 3 fully saturated rings. The number of carbonyl (C=O) groups is 2. The summed E-state index contributed by atoms with van der Waals surface area (Å²) in [6.45, 7) is 4.11. The lowest BCUT2D eigenvalue weighted by Gasteiger charge is -2.55. The molecule has 140 valence electrons. The maximum atomic E-state index is 12.1. The highest BCUT2D eigenvalue weighted by atomic mass is 16.6. The average molecular weight is 354 g/mol. The summed E-state index contributed by atoms with van der Waals surface area (Å²) in [6.07, 6.45) is 16.3. The number of hydrogen-bond acceptors (Lipinski definition) is 3. The number of fused-ring (bicyclic) bond motifs is 5. The summed E-state index contributed by atoms with van der Waals surface area (Å²) in [4.78, 5) is 23.9. The predicted molar refractivity (Wildman–Crippen MR) is 100 cm³/mol. The molecule has 0 spiro atoms. The van der Waals surface area contributed by atoms with Crippen molar-refractivity contribution in [3.8, 4) is 12.3 Å². The zero-order valence-electron chi connectivity index (χ0n) is 16.1. The Morgan fingerprint density at radius 2 is 2.04 bits per heavy atom. The number of terminal acetylenes is 1. The summed E-state index contributed by atoms with van der Waals surface area (Å²) in [6, 6.07) is 0. The van der Waals surface area contributed by atoms with E-state index in [1.807, 2.05) is 13.0 Å². The van der Waals surface area contributed by atoms with E-state index in [-0.39, 0.29) is 11.4 Å². The fraction of sp³-hybridized carbons (Fsp3) is 0.739. The van der Waals surface area contributed by atoms with Gasteiger partial charge < -0.3 is 4.74 Å². The van der Waals surface area contributed by atoms with E-state index in [1.54, 1.807) is 0 Å². The van der Waals surface area contributed by atoms with Crippen LogP contribution < -0.4 is 0 Å². The zero-order chi connectivity index (χ0) is 18.5. The van der Waals surface area contributed by atoms with Crippen molar-refractivity contribution in [3.63, 3.8) is 0 Å². The van der Waals surface area contributed by atoms with Crippen molar-refractivity contribution in [2.75, 3.05) is 0 Å². The third kappa shape index (κ3) is 2.41. The summed E-state index contributed by atoms with van der Waals surface area (Å²) in [5.74, 6) is 5.53. The molecule has 0 aliphatic heterocycles. The fourth-order valence-corrected chi connectivity index (χ4v) is 6.88. The van der Waals surface area contributed by atoms with Gasteiger partial charge >= 0.3 is 5.97 Å². The zero-order valence-corrected chi connectivity index (χ0v) is 16.1. The first-order chi connectivity index (χ1) is 12.4. The van der Waals surface area contributed by atoms with E-state index < -0.39 is 5.60 Å². The minimum atomic E-state index is -0.728. The van der Waals surface area contributed by atoms with Crippen molar-refractivity contribution in [1.82, 2.24) is 0 Å². The molecule has 4 aliphatic carbocycles. The summed E-state index contributed by atoms with van der Waals surface area (Å²) in [7, 11) is 0. The van der Waals surface area contributed by atoms with Crippen LogP contribution in [0.2, 0.25) is 0 Å². The first-order valence-electron chi connectivity index (χ1n) is 10.4. The molecule has 0 heterocycles. The SMILES string of the molecule is C#C[C@]1(OC(=O)CC)CC[C@H]2[C@@H]3CCC4=CC(=O)CC[C@@H]4[C@H]3CC[C@@]21C. The molecule has 3 heteroatoms. The molecular formula is C23H30O3. The normalized spacial score (nSPS) is 44.2. The highest BCUT2D eigenvalue weighted by Gasteiger charge is 2.64. The van der Waals surface area contributed by atoms with E-state index >= 15 is 0 Å². The lowest BCUT2D eigenvalue weighted by molar-refractivity contribution is -0.169. The quantitative estimate of drug-likeness (QED) is 0.543. The van der Waals surface area contributed by atoms with Gasteiger partial charge in [-0.05, 0) is 74.7 Å². The average Bonchev–Trinajstić information content (AvgIpc) is 2.94. The van der Waals surface area contributed by atoms with Crippen molar-refractivity contribution in [2.45, 2.75) is 77.2 Å². The maximum absolute atomic E-state index is 12.1. The molecule has 0 aromatic rings. The van der Waals surface area contributed by atoms with E-state index in [0.717, 1.165) is 44.9 Å². The molecule has 3 saturated carbocycles. The molecule has 4 aliphatic rings. The Morgan fingerprint density at radius 3 is 2.77 bits per heavy atom. The van der Waals surface area contributed by atoms with E-state index in [1.165, 1.54) is 5.57 Å². The Balaban J connectivity index is 1.62. The molecule has 6 atom stereocenters. The highest BCUT2D eigenvalue weighted by molar-refractivity contribution is 5.91. The van der Waals surface area contributed by atoms with Crippen LogP contribution in [-0.4, -0.2) is 17.4 Å². The molecule has 0 aromatic carbocycles. The third-order valence-electron chi connectivity index (χ3n) is 8.23. The highest BCUT2D eigenvalue weighted by Crippen LogP contribution is 2.65. The van der Waals surface area contributed by atoms with Gasteiger partial charge in [0.05, 0.1) is 0 Å².